The molecule has 0 aromatic heterocycles. The van der Waals surface area contributed by atoms with E-state index in [2.05, 4.69) is 20.8 Å². The maximum atomic E-state index is 11.1. The van der Waals surface area contributed by atoms with E-state index in [9.17, 15) is 4.79 Å². The Hall–Kier alpha value is -0.530. The minimum absolute atomic E-state index is 0.0448. The van der Waals surface area contributed by atoms with E-state index in [0.717, 1.165) is 0 Å². The molecule has 78 valence electrons. The zero-order valence-corrected chi connectivity index (χ0v) is 9.64. The molecule has 0 saturated carbocycles. The Morgan fingerprint density at radius 1 is 1.31 bits per heavy atom. The fraction of sp³-hybridized carbons (Fsp3) is 0.909. The molecule has 0 aliphatic carbocycles. The number of hydrogen-bond acceptors (Lipinski definition) is 1. The van der Waals surface area contributed by atoms with Crippen LogP contribution in [0.15, 0.2) is 0 Å². The number of aliphatic carboxylic acids is 1. The van der Waals surface area contributed by atoms with Gasteiger partial charge in [0.15, 0.2) is 0 Å². The Morgan fingerprint density at radius 3 is 1.77 bits per heavy atom. The number of carboxylic acid groups (broad SMARTS) is 1. The third-order valence-electron chi connectivity index (χ3n) is 3.48. The highest BCUT2D eigenvalue weighted by Crippen LogP contribution is 2.42. The monoisotopic (exact) mass is 186 g/mol. The topological polar surface area (TPSA) is 37.3 Å². The zero-order valence-electron chi connectivity index (χ0n) is 9.64. The second-order valence-corrected chi connectivity index (χ2v) is 5.16. The van der Waals surface area contributed by atoms with Gasteiger partial charge in [0.2, 0.25) is 0 Å². The Balaban J connectivity index is 4.88. The Kier molecular flexibility index (Phi) is 3.54. The first-order valence-corrected chi connectivity index (χ1v) is 4.89. The summed E-state index contributed by atoms with van der Waals surface area (Å²) < 4.78 is 0. The molecule has 0 fully saturated rings. The van der Waals surface area contributed by atoms with Crippen LogP contribution in [-0.4, -0.2) is 11.1 Å². The van der Waals surface area contributed by atoms with Gasteiger partial charge in [0.05, 0.1) is 5.41 Å². The normalized spacial score (nSPS) is 19.2. The molecule has 0 heterocycles. The predicted molar refractivity (Wildman–Crippen MR) is 54.7 cm³/mol. The van der Waals surface area contributed by atoms with Crippen LogP contribution in [-0.2, 0) is 4.79 Å². The van der Waals surface area contributed by atoms with Gasteiger partial charge in [-0.15, -0.1) is 0 Å². The Bertz CT molecular complexity index is 191. The van der Waals surface area contributed by atoms with Crippen molar-refractivity contribution in [3.63, 3.8) is 0 Å². The first kappa shape index (κ1) is 12.5. The molecule has 0 radical (unpaired) electrons. The van der Waals surface area contributed by atoms with Crippen molar-refractivity contribution in [1.29, 1.82) is 0 Å². The minimum Gasteiger partial charge on any atom is -0.481 e. The molecule has 0 bridgehead atoms. The third-order valence-corrected chi connectivity index (χ3v) is 3.48. The van der Waals surface area contributed by atoms with Crippen molar-refractivity contribution in [2.24, 2.45) is 16.7 Å². The summed E-state index contributed by atoms with van der Waals surface area (Å²) in [7, 11) is 0. The highest BCUT2D eigenvalue weighted by atomic mass is 16.4. The van der Waals surface area contributed by atoms with Crippen molar-refractivity contribution in [2.75, 3.05) is 0 Å². The first-order chi connectivity index (χ1) is 5.66. The van der Waals surface area contributed by atoms with Crippen molar-refractivity contribution >= 4 is 5.97 Å². The molecule has 13 heavy (non-hydrogen) atoms. The van der Waals surface area contributed by atoms with E-state index < -0.39 is 11.4 Å². The van der Waals surface area contributed by atoms with Crippen LogP contribution in [0.3, 0.4) is 0 Å². The van der Waals surface area contributed by atoms with Crippen molar-refractivity contribution in [3.05, 3.63) is 0 Å². The summed E-state index contributed by atoms with van der Waals surface area (Å²) in [6.45, 7) is 12.1. The molecule has 0 amide bonds. The minimum atomic E-state index is -0.683. The van der Waals surface area contributed by atoms with Gasteiger partial charge in [-0.1, -0.05) is 34.6 Å². The number of carbonyl (C=O) groups is 1. The van der Waals surface area contributed by atoms with Gasteiger partial charge in [0, 0.05) is 0 Å². The van der Waals surface area contributed by atoms with Crippen LogP contribution >= 0.6 is 0 Å². The lowest BCUT2D eigenvalue weighted by molar-refractivity contribution is -0.154. The smallest absolute Gasteiger partial charge is 0.309 e. The third kappa shape index (κ3) is 2.45. The SMILES string of the molecule is CCC(C)(C(=O)O)C(C)C(C)(C)C. The molecule has 2 heteroatoms. The fourth-order valence-corrected chi connectivity index (χ4v) is 1.60. The Morgan fingerprint density at radius 2 is 1.69 bits per heavy atom. The summed E-state index contributed by atoms with van der Waals surface area (Å²) in [5.41, 5.74) is -0.554. The van der Waals surface area contributed by atoms with Gasteiger partial charge in [0.1, 0.15) is 0 Å². The Labute approximate surface area is 81.3 Å². The number of rotatable bonds is 3. The summed E-state index contributed by atoms with van der Waals surface area (Å²) in [5, 5.41) is 9.17. The van der Waals surface area contributed by atoms with E-state index in [1.165, 1.54) is 0 Å². The van der Waals surface area contributed by atoms with E-state index in [1.807, 2.05) is 20.8 Å². The molecule has 0 spiro atoms. The largest absolute Gasteiger partial charge is 0.481 e. The van der Waals surface area contributed by atoms with Gasteiger partial charge in [-0.05, 0) is 24.7 Å². The molecular formula is C11H22O2. The maximum Gasteiger partial charge on any atom is 0.309 e. The van der Waals surface area contributed by atoms with E-state index >= 15 is 0 Å². The molecular weight excluding hydrogens is 164 g/mol. The van der Waals surface area contributed by atoms with E-state index in [1.54, 1.807) is 0 Å². The number of carboxylic acids is 1. The molecule has 2 unspecified atom stereocenters. The fourth-order valence-electron chi connectivity index (χ4n) is 1.60. The van der Waals surface area contributed by atoms with E-state index in [4.69, 9.17) is 5.11 Å². The summed E-state index contributed by atoms with van der Waals surface area (Å²) in [5.74, 6) is -0.514. The average molecular weight is 186 g/mol. The van der Waals surface area contributed by atoms with Crippen LogP contribution in [0, 0.1) is 16.7 Å². The molecule has 2 nitrogen and oxygen atoms in total. The summed E-state index contributed by atoms with van der Waals surface area (Å²) in [6, 6.07) is 0. The predicted octanol–water partition coefficient (Wildman–Crippen LogP) is 3.17. The first-order valence-electron chi connectivity index (χ1n) is 4.89. The second-order valence-electron chi connectivity index (χ2n) is 5.16. The summed E-state index contributed by atoms with van der Waals surface area (Å²) >= 11 is 0. The van der Waals surface area contributed by atoms with Gasteiger partial charge >= 0.3 is 5.97 Å². The van der Waals surface area contributed by atoms with Gasteiger partial charge < -0.3 is 5.11 Å². The summed E-state index contributed by atoms with van der Waals surface area (Å²) in [4.78, 5) is 11.1. The van der Waals surface area contributed by atoms with Gasteiger partial charge in [-0.2, -0.15) is 0 Å². The number of hydrogen-bond donors (Lipinski definition) is 1. The molecule has 0 rings (SSSR count). The highest BCUT2D eigenvalue weighted by Gasteiger charge is 2.42. The van der Waals surface area contributed by atoms with Gasteiger partial charge in [0.25, 0.3) is 0 Å². The molecule has 0 saturated heterocycles. The molecule has 0 aliphatic rings. The molecule has 0 aromatic rings. The van der Waals surface area contributed by atoms with Gasteiger partial charge in [-0.3, -0.25) is 4.79 Å². The van der Waals surface area contributed by atoms with Crippen LogP contribution in [0.25, 0.3) is 0 Å². The lowest BCUT2D eigenvalue weighted by Gasteiger charge is -2.39. The molecule has 1 N–H and O–H groups in total. The second kappa shape index (κ2) is 3.69. The van der Waals surface area contributed by atoms with Crippen LogP contribution in [0.1, 0.15) is 48.0 Å². The van der Waals surface area contributed by atoms with Crippen LogP contribution < -0.4 is 0 Å². The molecule has 0 aliphatic heterocycles. The highest BCUT2D eigenvalue weighted by molar-refractivity contribution is 5.74. The van der Waals surface area contributed by atoms with Crippen LogP contribution in [0.2, 0.25) is 0 Å². The van der Waals surface area contributed by atoms with Crippen LogP contribution in [0.4, 0.5) is 0 Å². The molecule has 2 atom stereocenters. The van der Waals surface area contributed by atoms with E-state index in [0.29, 0.717) is 6.42 Å². The molecule has 0 aromatic carbocycles. The lowest BCUT2D eigenvalue weighted by Crippen LogP contribution is -2.40. The van der Waals surface area contributed by atoms with Crippen molar-refractivity contribution in [2.45, 2.75) is 48.0 Å². The van der Waals surface area contributed by atoms with Crippen molar-refractivity contribution in [3.8, 4) is 0 Å². The zero-order chi connectivity index (χ0) is 10.9. The quantitative estimate of drug-likeness (QED) is 0.735. The van der Waals surface area contributed by atoms with E-state index in [-0.39, 0.29) is 11.3 Å². The summed E-state index contributed by atoms with van der Waals surface area (Å²) in [6.07, 6.45) is 0.681. The van der Waals surface area contributed by atoms with Crippen molar-refractivity contribution in [1.82, 2.24) is 0 Å². The maximum absolute atomic E-state index is 11.1. The standard InChI is InChI=1S/C11H22O2/c1-7-11(6,9(12)13)8(2)10(3,4)5/h8H,7H2,1-6H3,(H,12,13). The van der Waals surface area contributed by atoms with Crippen molar-refractivity contribution < 1.29 is 9.90 Å². The lowest BCUT2D eigenvalue weighted by atomic mass is 9.64. The average Bonchev–Trinajstić information content (AvgIpc) is 1.99. The van der Waals surface area contributed by atoms with Gasteiger partial charge in [-0.25, -0.2) is 0 Å². The van der Waals surface area contributed by atoms with Crippen LogP contribution in [0.5, 0.6) is 0 Å².